The van der Waals surface area contributed by atoms with Crippen LogP contribution in [0.1, 0.15) is 29.9 Å². The van der Waals surface area contributed by atoms with Crippen LogP contribution >= 0.6 is 0 Å². The Morgan fingerprint density at radius 2 is 1.87 bits per heavy atom. The van der Waals surface area contributed by atoms with Crippen LogP contribution < -0.4 is 20.9 Å². The number of anilines is 2. The zero-order valence-electron chi connectivity index (χ0n) is 17.3. The van der Waals surface area contributed by atoms with E-state index >= 15 is 0 Å². The van der Waals surface area contributed by atoms with Crippen molar-refractivity contribution in [2.45, 2.75) is 20.3 Å². The summed E-state index contributed by atoms with van der Waals surface area (Å²) in [6, 6.07) is 12.7. The Kier molecular flexibility index (Phi) is 6.35. The highest BCUT2D eigenvalue weighted by Crippen LogP contribution is 2.24. The average Bonchev–Trinajstić information content (AvgIpc) is 2.73. The maximum absolute atomic E-state index is 12.9. The van der Waals surface area contributed by atoms with Crippen molar-refractivity contribution >= 4 is 23.2 Å². The Hall–Kier alpha value is -4.14. The first-order valence-electron chi connectivity index (χ1n) is 9.52. The van der Waals surface area contributed by atoms with Crippen LogP contribution in [0.2, 0.25) is 0 Å². The molecule has 3 N–H and O–H groups in total. The predicted molar refractivity (Wildman–Crippen MR) is 116 cm³/mol. The van der Waals surface area contributed by atoms with E-state index in [1.807, 2.05) is 6.92 Å². The lowest BCUT2D eigenvalue weighted by atomic mass is 10.1. The highest BCUT2D eigenvalue weighted by Gasteiger charge is 2.19. The number of nitrogens with zero attached hydrogens (tertiary/aromatic N) is 2. The quantitative estimate of drug-likeness (QED) is 0.561. The van der Waals surface area contributed by atoms with Gasteiger partial charge < -0.3 is 20.5 Å². The van der Waals surface area contributed by atoms with Crippen molar-refractivity contribution in [2.24, 2.45) is 0 Å². The lowest BCUT2D eigenvalue weighted by Crippen LogP contribution is -2.25. The Balaban J connectivity index is 2.01. The van der Waals surface area contributed by atoms with Crippen molar-refractivity contribution in [3.63, 3.8) is 0 Å². The van der Waals surface area contributed by atoms with Crippen LogP contribution in [0.5, 0.6) is 11.5 Å². The highest BCUT2D eigenvalue weighted by molar-refractivity contribution is 6.05. The molecule has 1 heterocycles. The molecule has 0 aliphatic carbocycles. The second-order valence-corrected chi connectivity index (χ2v) is 6.66. The summed E-state index contributed by atoms with van der Waals surface area (Å²) >= 11 is 0. The molecule has 0 aliphatic heterocycles. The van der Waals surface area contributed by atoms with E-state index in [1.165, 1.54) is 14.0 Å². The second-order valence-electron chi connectivity index (χ2n) is 6.66. The van der Waals surface area contributed by atoms with Crippen LogP contribution in [0.3, 0.4) is 0 Å². The molecule has 3 aromatic rings. The van der Waals surface area contributed by atoms with E-state index in [2.05, 4.69) is 15.7 Å². The van der Waals surface area contributed by atoms with Gasteiger partial charge in [0, 0.05) is 24.4 Å². The molecular formula is C22H22N4O5. The number of amides is 2. The number of nitrogens with one attached hydrogen (secondary N) is 2. The van der Waals surface area contributed by atoms with Crippen LogP contribution in [0.25, 0.3) is 5.69 Å². The number of carbonyl (C=O) groups excluding carboxylic acids is 2. The summed E-state index contributed by atoms with van der Waals surface area (Å²) in [6.45, 7) is 3.30. The molecule has 0 aliphatic rings. The third kappa shape index (κ3) is 4.72. The minimum absolute atomic E-state index is 0.246. The molecule has 0 radical (unpaired) electrons. The van der Waals surface area contributed by atoms with Crippen molar-refractivity contribution in [1.29, 1.82) is 0 Å². The molecule has 0 bridgehead atoms. The van der Waals surface area contributed by atoms with Crippen LogP contribution in [0, 0.1) is 0 Å². The minimum Gasteiger partial charge on any atom is -0.505 e. The van der Waals surface area contributed by atoms with E-state index in [-0.39, 0.29) is 11.6 Å². The fourth-order valence-corrected chi connectivity index (χ4v) is 3.05. The first-order valence-corrected chi connectivity index (χ1v) is 9.52. The summed E-state index contributed by atoms with van der Waals surface area (Å²) in [5, 5.41) is 19.6. The largest absolute Gasteiger partial charge is 0.505 e. The maximum Gasteiger partial charge on any atom is 0.280 e. The summed E-state index contributed by atoms with van der Waals surface area (Å²) < 4.78 is 6.25. The molecule has 0 atom stereocenters. The third-order valence-electron chi connectivity index (χ3n) is 4.50. The molecule has 160 valence electrons. The average molecular weight is 422 g/mol. The molecule has 0 spiro atoms. The van der Waals surface area contributed by atoms with Crippen molar-refractivity contribution in [3.05, 3.63) is 70.1 Å². The summed E-state index contributed by atoms with van der Waals surface area (Å²) in [7, 11) is 1.45. The van der Waals surface area contributed by atoms with Crippen molar-refractivity contribution in [3.8, 4) is 17.2 Å². The van der Waals surface area contributed by atoms with Crippen LogP contribution in [-0.4, -0.2) is 33.8 Å². The number of methoxy groups -OCH3 is 1. The third-order valence-corrected chi connectivity index (χ3v) is 4.50. The predicted octanol–water partition coefficient (Wildman–Crippen LogP) is 2.72. The van der Waals surface area contributed by atoms with Gasteiger partial charge in [-0.05, 0) is 36.2 Å². The molecule has 2 aromatic carbocycles. The number of hydrogen-bond donors (Lipinski definition) is 3. The van der Waals surface area contributed by atoms with Crippen molar-refractivity contribution in [1.82, 2.24) is 9.78 Å². The molecule has 0 saturated carbocycles. The first-order chi connectivity index (χ1) is 14.8. The van der Waals surface area contributed by atoms with Gasteiger partial charge in [0.05, 0.1) is 7.11 Å². The van der Waals surface area contributed by atoms with Crippen LogP contribution in [0.4, 0.5) is 11.4 Å². The van der Waals surface area contributed by atoms with Gasteiger partial charge in [0.15, 0.2) is 11.4 Å². The van der Waals surface area contributed by atoms with Gasteiger partial charge in [0.2, 0.25) is 5.91 Å². The van der Waals surface area contributed by atoms with Gasteiger partial charge in [-0.3, -0.25) is 14.4 Å². The maximum atomic E-state index is 12.9. The van der Waals surface area contributed by atoms with Crippen LogP contribution in [0.15, 0.2) is 53.3 Å². The Morgan fingerprint density at radius 1 is 1.13 bits per heavy atom. The molecule has 0 fully saturated rings. The van der Waals surface area contributed by atoms with E-state index in [4.69, 9.17) is 4.74 Å². The number of hydrogen-bond acceptors (Lipinski definition) is 6. The summed E-state index contributed by atoms with van der Waals surface area (Å²) in [4.78, 5) is 36.7. The molecular weight excluding hydrogens is 400 g/mol. The zero-order chi connectivity index (χ0) is 22.5. The number of para-hydroxylation sites is 2. The van der Waals surface area contributed by atoms with Gasteiger partial charge >= 0.3 is 0 Å². The second kappa shape index (κ2) is 9.12. The highest BCUT2D eigenvalue weighted by atomic mass is 16.5. The van der Waals surface area contributed by atoms with Gasteiger partial charge in [-0.1, -0.05) is 25.1 Å². The van der Waals surface area contributed by atoms with Crippen LogP contribution in [-0.2, 0) is 11.2 Å². The smallest absolute Gasteiger partial charge is 0.280 e. The number of carbonyl (C=O) groups is 2. The molecule has 2 amide bonds. The van der Waals surface area contributed by atoms with Gasteiger partial charge in [-0.2, -0.15) is 9.78 Å². The fourth-order valence-electron chi connectivity index (χ4n) is 3.05. The van der Waals surface area contributed by atoms with Gasteiger partial charge in [-0.15, -0.1) is 0 Å². The number of benzene rings is 2. The molecule has 9 nitrogen and oxygen atoms in total. The van der Waals surface area contributed by atoms with Crippen molar-refractivity contribution < 1.29 is 19.4 Å². The normalized spacial score (nSPS) is 10.4. The molecule has 9 heteroatoms. The van der Waals surface area contributed by atoms with Gasteiger partial charge in [-0.25, -0.2) is 0 Å². The van der Waals surface area contributed by atoms with E-state index in [0.29, 0.717) is 29.2 Å². The molecule has 3 rings (SSSR count). The summed E-state index contributed by atoms with van der Waals surface area (Å²) in [6.07, 6.45) is 0.621. The SMILES string of the molecule is CCc1ccc(NC(C)=O)cc1NC(=O)c1nn(-c2ccccc2OC)c(=O)cc1O. The monoisotopic (exact) mass is 422 g/mol. The van der Waals surface area contributed by atoms with E-state index in [9.17, 15) is 19.5 Å². The van der Waals surface area contributed by atoms with Gasteiger partial charge in [0.25, 0.3) is 11.5 Å². The zero-order valence-corrected chi connectivity index (χ0v) is 17.3. The number of aromatic hydroxyl groups is 1. The van der Waals surface area contributed by atoms with Gasteiger partial charge in [0.1, 0.15) is 11.4 Å². The lowest BCUT2D eigenvalue weighted by Gasteiger charge is -2.14. The number of aryl methyl sites for hydroxylation is 1. The summed E-state index contributed by atoms with van der Waals surface area (Å²) in [5.74, 6) is -1.13. The van der Waals surface area contributed by atoms with E-state index < -0.39 is 17.2 Å². The Morgan fingerprint density at radius 3 is 2.55 bits per heavy atom. The van der Waals surface area contributed by atoms with E-state index in [1.54, 1.807) is 42.5 Å². The topological polar surface area (TPSA) is 123 Å². The molecule has 0 unspecified atom stereocenters. The first kappa shape index (κ1) is 21.6. The fraction of sp³-hybridized carbons (Fsp3) is 0.182. The number of rotatable bonds is 6. The minimum atomic E-state index is -0.712. The standard InChI is InChI=1S/C22H22N4O5/c1-4-14-9-10-15(23-13(2)27)11-16(14)24-22(30)21-18(28)12-20(29)26(25-21)17-7-5-6-8-19(17)31-3/h5-12,28H,4H2,1-3H3,(H,23,27)(H,24,30). The summed E-state index contributed by atoms with van der Waals surface area (Å²) in [5.41, 5.74) is 1.15. The molecule has 0 saturated heterocycles. The van der Waals surface area contributed by atoms with E-state index in [0.717, 1.165) is 16.3 Å². The lowest BCUT2D eigenvalue weighted by molar-refractivity contribution is -0.114. The van der Waals surface area contributed by atoms with Crippen molar-refractivity contribution in [2.75, 3.05) is 17.7 Å². The number of aromatic nitrogens is 2. The molecule has 31 heavy (non-hydrogen) atoms. The Labute approximate surface area is 178 Å². The molecule has 1 aromatic heterocycles. The number of ether oxygens (including phenoxy) is 1. The Bertz CT molecular complexity index is 1200.